The second-order valence-electron chi connectivity index (χ2n) is 6.03. The molecule has 1 aliphatic heterocycles. The van der Waals surface area contributed by atoms with E-state index in [0.717, 1.165) is 11.8 Å². The topological polar surface area (TPSA) is 3.24 Å². The van der Waals surface area contributed by atoms with E-state index in [1.807, 2.05) is 0 Å². The van der Waals surface area contributed by atoms with Crippen molar-refractivity contribution in [3.63, 3.8) is 0 Å². The van der Waals surface area contributed by atoms with Gasteiger partial charge in [-0.2, -0.15) is 0 Å². The molecule has 0 radical (unpaired) electrons. The van der Waals surface area contributed by atoms with Crippen LogP contribution in [0.2, 0.25) is 0 Å². The standard InChI is InChI=1S/C16H27N/c1-5-14-7-6-12(2)16(17(4)11-14)9-8-15-10-13(15)3/h9,11-13,15H,5-8,10H2,1-4H3. The molecule has 0 saturated heterocycles. The largest absolute Gasteiger partial charge is 0.355 e. The second-order valence-corrected chi connectivity index (χ2v) is 6.03. The molecule has 3 unspecified atom stereocenters. The predicted octanol–water partition coefficient (Wildman–Crippen LogP) is 4.57. The van der Waals surface area contributed by atoms with E-state index in [1.54, 1.807) is 11.3 Å². The first-order chi connectivity index (χ1) is 8.11. The lowest BCUT2D eigenvalue weighted by atomic mass is 9.98. The first-order valence-electron chi connectivity index (χ1n) is 7.24. The first-order valence-corrected chi connectivity index (χ1v) is 7.24. The molecule has 3 atom stereocenters. The fourth-order valence-electron chi connectivity index (χ4n) is 2.92. The average Bonchev–Trinajstić information content (AvgIpc) is 3.01. The van der Waals surface area contributed by atoms with Gasteiger partial charge in [0, 0.05) is 18.9 Å². The van der Waals surface area contributed by atoms with Gasteiger partial charge < -0.3 is 4.90 Å². The van der Waals surface area contributed by atoms with Gasteiger partial charge in [0.25, 0.3) is 0 Å². The molecule has 1 nitrogen and oxygen atoms in total. The van der Waals surface area contributed by atoms with Gasteiger partial charge in [-0.05, 0) is 49.9 Å². The van der Waals surface area contributed by atoms with E-state index in [1.165, 1.54) is 32.1 Å². The third kappa shape index (κ3) is 3.14. The molecule has 0 spiro atoms. The van der Waals surface area contributed by atoms with Crippen molar-refractivity contribution < 1.29 is 0 Å². The molecule has 0 aromatic carbocycles. The van der Waals surface area contributed by atoms with Gasteiger partial charge in [0.2, 0.25) is 0 Å². The maximum Gasteiger partial charge on any atom is 0.0159 e. The normalized spacial score (nSPS) is 35.8. The molecule has 0 aromatic heterocycles. The van der Waals surface area contributed by atoms with E-state index in [9.17, 15) is 0 Å². The van der Waals surface area contributed by atoms with E-state index in [4.69, 9.17) is 0 Å². The van der Waals surface area contributed by atoms with Gasteiger partial charge in [0.05, 0.1) is 0 Å². The lowest BCUT2D eigenvalue weighted by Gasteiger charge is -2.22. The minimum Gasteiger partial charge on any atom is -0.355 e. The summed E-state index contributed by atoms with van der Waals surface area (Å²) >= 11 is 0. The summed E-state index contributed by atoms with van der Waals surface area (Å²) in [6.45, 7) is 7.02. The molecule has 96 valence electrons. The molecule has 17 heavy (non-hydrogen) atoms. The molecule has 0 N–H and O–H groups in total. The summed E-state index contributed by atoms with van der Waals surface area (Å²) in [5, 5.41) is 0. The van der Waals surface area contributed by atoms with Crippen LogP contribution >= 0.6 is 0 Å². The highest BCUT2D eigenvalue weighted by molar-refractivity contribution is 5.16. The summed E-state index contributed by atoms with van der Waals surface area (Å²) < 4.78 is 0. The molecular formula is C16H27N. The quantitative estimate of drug-likeness (QED) is 0.690. The molecule has 2 aliphatic rings. The highest BCUT2D eigenvalue weighted by atomic mass is 15.1. The third-order valence-corrected chi connectivity index (χ3v) is 4.55. The molecule has 1 saturated carbocycles. The maximum absolute atomic E-state index is 2.51. The van der Waals surface area contributed by atoms with Gasteiger partial charge in [-0.15, -0.1) is 0 Å². The number of hydrogen-bond donors (Lipinski definition) is 0. The van der Waals surface area contributed by atoms with Crippen molar-refractivity contribution in [3.8, 4) is 0 Å². The van der Waals surface area contributed by atoms with Gasteiger partial charge in [-0.25, -0.2) is 0 Å². The Bertz CT molecular complexity index is 326. The highest BCUT2D eigenvalue weighted by Crippen LogP contribution is 2.41. The van der Waals surface area contributed by atoms with E-state index in [0.29, 0.717) is 5.92 Å². The maximum atomic E-state index is 2.51. The van der Waals surface area contributed by atoms with Crippen LogP contribution in [0.25, 0.3) is 0 Å². The summed E-state index contributed by atoms with van der Waals surface area (Å²) in [6, 6.07) is 0. The van der Waals surface area contributed by atoms with Crippen molar-refractivity contribution in [2.45, 2.75) is 52.9 Å². The third-order valence-electron chi connectivity index (χ3n) is 4.55. The van der Waals surface area contributed by atoms with E-state index in [-0.39, 0.29) is 0 Å². The van der Waals surface area contributed by atoms with Gasteiger partial charge in [0.1, 0.15) is 0 Å². The molecular weight excluding hydrogens is 206 g/mol. The van der Waals surface area contributed by atoms with Crippen molar-refractivity contribution in [1.29, 1.82) is 0 Å². The lowest BCUT2D eigenvalue weighted by molar-refractivity contribution is 0.463. The molecule has 0 aromatic rings. The number of nitrogens with zero attached hydrogens (tertiary/aromatic N) is 1. The van der Waals surface area contributed by atoms with Crippen molar-refractivity contribution in [3.05, 3.63) is 23.5 Å². The van der Waals surface area contributed by atoms with Crippen LogP contribution in [0.15, 0.2) is 23.5 Å². The van der Waals surface area contributed by atoms with E-state index < -0.39 is 0 Å². The van der Waals surface area contributed by atoms with E-state index in [2.05, 4.69) is 45.0 Å². The fourth-order valence-corrected chi connectivity index (χ4v) is 2.92. The van der Waals surface area contributed by atoms with Crippen LogP contribution in [0, 0.1) is 17.8 Å². The second kappa shape index (κ2) is 5.29. The summed E-state index contributed by atoms with van der Waals surface area (Å²) in [5.41, 5.74) is 3.15. The summed E-state index contributed by atoms with van der Waals surface area (Å²) in [6.07, 6.45) is 11.4. The Balaban J connectivity index is 2.04. The zero-order valence-corrected chi connectivity index (χ0v) is 11.9. The van der Waals surface area contributed by atoms with Crippen LogP contribution in [0.3, 0.4) is 0 Å². The van der Waals surface area contributed by atoms with Crippen LogP contribution in [-0.2, 0) is 0 Å². The zero-order chi connectivity index (χ0) is 12.4. The molecule has 1 fully saturated rings. The number of hydrogen-bond acceptors (Lipinski definition) is 1. The number of rotatable bonds is 3. The predicted molar refractivity (Wildman–Crippen MR) is 74.5 cm³/mol. The Morgan fingerprint density at radius 3 is 2.71 bits per heavy atom. The first kappa shape index (κ1) is 12.7. The Morgan fingerprint density at radius 1 is 1.41 bits per heavy atom. The Labute approximate surface area is 107 Å². The Kier molecular flexibility index (Phi) is 3.96. The molecule has 1 heterocycles. The average molecular weight is 233 g/mol. The Morgan fingerprint density at radius 2 is 2.12 bits per heavy atom. The fraction of sp³-hybridized carbons (Fsp3) is 0.750. The summed E-state index contributed by atoms with van der Waals surface area (Å²) in [5.74, 6) is 2.66. The molecule has 2 rings (SSSR count). The van der Waals surface area contributed by atoms with Crippen LogP contribution < -0.4 is 0 Å². The minimum atomic E-state index is 0.717. The lowest BCUT2D eigenvalue weighted by Crippen LogP contribution is -2.15. The molecule has 0 amide bonds. The van der Waals surface area contributed by atoms with Crippen molar-refractivity contribution >= 4 is 0 Å². The molecule has 0 bridgehead atoms. The zero-order valence-electron chi connectivity index (χ0n) is 11.9. The van der Waals surface area contributed by atoms with Gasteiger partial charge in [-0.1, -0.05) is 32.4 Å². The van der Waals surface area contributed by atoms with Crippen LogP contribution in [0.1, 0.15) is 52.9 Å². The van der Waals surface area contributed by atoms with Crippen LogP contribution in [0.5, 0.6) is 0 Å². The van der Waals surface area contributed by atoms with Gasteiger partial charge >= 0.3 is 0 Å². The van der Waals surface area contributed by atoms with Gasteiger partial charge in [0.15, 0.2) is 0 Å². The van der Waals surface area contributed by atoms with Gasteiger partial charge in [-0.3, -0.25) is 0 Å². The van der Waals surface area contributed by atoms with E-state index >= 15 is 0 Å². The molecule has 1 aliphatic carbocycles. The Hall–Kier alpha value is -0.720. The van der Waals surface area contributed by atoms with Crippen molar-refractivity contribution in [1.82, 2.24) is 4.90 Å². The summed E-state index contributed by atoms with van der Waals surface area (Å²) in [7, 11) is 2.22. The monoisotopic (exact) mass is 233 g/mol. The van der Waals surface area contributed by atoms with Crippen molar-refractivity contribution in [2.24, 2.45) is 17.8 Å². The SMILES string of the molecule is CCC1=CN(C)C(=CCC2CC2C)C(C)CC1. The van der Waals surface area contributed by atoms with Crippen LogP contribution in [0.4, 0.5) is 0 Å². The molecule has 1 heteroatoms. The van der Waals surface area contributed by atoms with Crippen LogP contribution in [-0.4, -0.2) is 11.9 Å². The highest BCUT2D eigenvalue weighted by Gasteiger charge is 2.31. The summed E-state index contributed by atoms with van der Waals surface area (Å²) in [4.78, 5) is 2.38. The minimum absolute atomic E-state index is 0.717. The van der Waals surface area contributed by atoms with Crippen molar-refractivity contribution in [2.75, 3.05) is 7.05 Å². The number of allylic oxidation sites excluding steroid dienone is 3. The smallest absolute Gasteiger partial charge is 0.0159 e.